The molecule has 0 spiro atoms. The van der Waals surface area contributed by atoms with Gasteiger partial charge < -0.3 is 14.4 Å². The molecule has 1 saturated heterocycles. The van der Waals surface area contributed by atoms with Crippen LogP contribution < -0.4 is 5.63 Å². The van der Waals surface area contributed by atoms with Crippen molar-refractivity contribution in [1.82, 2.24) is 9.80 Å². The third kappa shape index (κ3) is 4.07. The van der Waals surface area contributed by atoms with Gasteiger partial charge in [-0.15, -0.1) is 0 Å². The van der Waals surface area contributed by atoms with Gasteiger partial charge in [-0.05, 0) is 36.2 Å². The average molecular weight is 392 g/mol. The van der Waals surface area contributed by atoms with Gasteiger partial charge >= 0.3 is 5.63 Å². The molecule has 0 atom stereocenters. The van der Waals surface area contributed by atoms with E-state index in [1.54, 1.807) is 6.07 Å². The van der Waals surface area contributed by atoms with Crippen LogP contribution in [0.1, 0.15) is 24.5 Å². The Bertz CT molecular complexity index is 1050. The van der Waals surface area contributed by atoms with Crippen LogP contribution in [0, 0.1) is 0 Å². The van der Waals surface area contributed by atoms with E-state index in [1.165, 1.54) is 0 Å². The maximum Gasteiger partial charge on any atom is 0.336 e. The Morgan fingerprint density at radius 1 is 1.07 bits per heavy atom. The normalized spacial score (nSPS) is 15.8. The lowest BCUT2D eigenvalue weighted by atomic mass is 9.95. The number of aromatic hydroxyl groups is 1. The molecule has 1 N–H and O–H groups in total. The second-order valence-electron chi connectivity index (χ2n) is 7.91. The van der Waals surface area contributed by atoms with Crippen LogP contribution in [0.15, 0.2) is 51.7 Å². The Morgan fingerprint density at radius 2 is 1.79 bits per heavy atom. The van der Waals surface area contributed by atoms with E-state index in [9.17, 15) is 9.90 Å². The van der Waals surface area contributed by atoms with Crippen molar-refractivity contribution in [2.75, 3.05) is 33.2 Å². The second kappa shape index (κ2) is 8.39. The first-order valence-corrected chi connectivity index (χ1v) is 10.3. The molecule has 5 heteroatoms. The lowest BCUT2D eigenvalue weighted by molar-refractivity contribution is 0.147. The molecule has 2 aromatic carbocycles. The van der Waals surface area contributed by atoms with Gasteiger partial charge in [0.25, 0.3) is 0 Å². The molecule has 4 rings (SSSR count). The van der Waals surface area contributed by atoms with E-state index < -0.39 is 5.63 Å². The van der Waals surface area contributed by atoms with Crippen LogP contribution in [0.5, 0.6) is 5.75 Å². The highest BCUT2D eigenvalue weighted by atomic mass is 16.4. The minimum absolute atomic E-state index is 0.270. The molecule has 0 radical (unpaired) electrons. The molecule has 5 nitrogen and oxygen atoms in total. The standard InChI is InChI=1S/C24H28N2O3/c1-3-7-18-14-20-19(17-8-5-4-6-9-17)15-22(27)29-24(20)21(23(18)28)16-26-12-10-25(2)11-13-26/h4-6,8-9,14-15,28H,3,7,10-13,16H2,1-2H3. The van der Waals surface area contributed by atoms with Gasteiger partial charge in [0, 0.05) is 44.2 Å². The van der Waals surface area contributed by atoms with Gasteiger partial charge in [0.2, 0.25) is 0 Å². The molecule has 1 aliphatic heterocycles. The monoisotopic (exact) mass is 392 g/mol. The van der Waals surface area contributed by atoms with Gasteiger partial charge in [-0.2, -0.15) is 0 Å². The second-order valence-corrected chi connectivity index (χ2v) is 7.91. The van der Waals surface area contributed by atoms with Crippen molar-refractivity contribution in [2.24, 2.45) is 0 Å². The van der Waals surface area contributed by atoms with Crippen LogP contribution in [0.3, 0.4) is 0 Å². The Morgan fingerprint density at radius 3 is 2.48 bits per heavy atom. The summed E-state index contributed by atoms with van der Waals surface area (Å²) in [6, 6.07) is 13.4. The van der Waals surface area contributed by atoms with Crippen LogP contribution >= 0.6 is 0 Å². The fourth-order valence-corrected chi connectivity index (χ4v) is 4.11. The molecule has 0 saturated carbocycles. The third-order valence-electron chi connectivity index (χ3n) is 5.76. The predicted octanol–water partition coefficient (Wildman–Crippen LogP) is 3.87. The van der Waals surface area contributed by atoms with Gasteiger partial charge in [0.15, 0.2) is 0 Å². The highest BCUT2D eigenvalue weighted by Gasteiger charge is 2.22. The number of benzene rings is 2. The number of nitrogens with zero attached hydrogens (tertiary/aromatic N) is 2. The average Bonchev–Trinajstić information content (AvgIpc) is 2.73. The van der Waals surface area contributed by atoms with Crippen molar-refractivity contribution in [3.8, 4) is 16.9 Å². The van der Waals surface area contributed by atoms with Crippen LogP contribution in [0.25, 0.3) is 22.1 Å². The molecule has 2 heterocycles. The van der Waals surface area contributed by atoms with E-state index >= 15 is 0 Å². The molecule has 0 aliphatic carbocycles. The van der Waals surface area contributed by atoms with Gasteiger partial charge in [-0.25, -0.2) is 4.79 Å². The minimum atomic E-state index is -0.390. The van der Waals surface area contributed by atoms with Gasteiger partial charge in [-0.3, -0.25) is 4.90 Å². The summed E-state index contributed by atoms with van der Waals surface area (Å²) >= 11 is 0. The number of piperazine rings is 1. The lowest BCUT2D eigenvalue weighted by Gasteiger charge is -2.32. The maximum atomic E-state index is 12.4. The Hall–Kier alpha value is -2.63. The number of fused-ring (bicyclic) bond motifs is 1. The maximum absolute atomic E-state index is 12.4. The molecular formula is C24H28N2O3. The van der Waals surface area contributed by atoms with E-state index in [2.05, 4.69) is 23.8 Å². The number of aryl methyl sites for hydroxylation is 1. The van der Waals surface area contributed by atoms with E-state index in [1.807, 2.05) is 36.4 Å². The highest BCUT2D eigenvalue weighted by molar-refractivity contribution is 5.96. The fourth-order valence-electron chi connectivity index (χ4n) is 4.11. The highest BCUT2D eigenvalue weighted by Crippen LogP contribution is 2.37. The summed E-state index contributed by atoms with van der Waals surface area (Å²) in [4.78, 5) is 17.0. The van der Waals surface area contributed by atoms with Crippen molar-refractivity contribution in [3.63, 3.8) is 0 Å². The molecule has 0 bridgehead atoms. The van der Waals surface area contributed by atoms with Crippen molar-refractivity contribution in [3.05, 3.63) is 64.0 Å². The Kier molecular flexibility index (Phi) is 5.69. The summed E-state index contributed by atoms with van der Waals surface area (Å²) in [7, 11) is 2.12. The summed E-state index contributed by atoms with van der Waals surface area (Å²) in [5, 5.41) is 11.9. The van der Waals surface area contributed by atoms with Gasteiger partial charge in [0.1, 0.15) is 11.3 Å². The zero-order valence-electron chi connectivity index (χ0n) is 17.1. The molecule has 1 fully saturated rings. The first kappa shape index (κ1) is 19.7. The van der Waals surface area contributed by atoms with Crippen LogP contribution in [-0.2, 0) is 13.0 Å². The Labute approximate surface area is 171 Å². The lowest BCUT2D eigenvalue weighted by Crippen LogP contribution is -2.43. The topological polar surface area (TPSA) is 56.9 Å². The van der Waals surface area contributed by atoms with Gasteiger partial charge in [-0.1, -0.05) is 43.7 Å². The molecule has 29 heavy (non-hydrogen) atoms. The van der Waals surface area contributed by atoms with Gasteiger partial charge in [0.05, 0.1) is 5.56 Å². The third-order valence-corrected chi connectivity index (χ3v) is 5.76. The molecular weight excluding hydrogens is 364 g/mol. The van der Waals surface area contributed by atoms with Crippen molar-refractivity contribution >= 4 is 11.0 Å². The number of phenolic OH excluding ortho intramolecular Hbond substituents is 1. The van der Waals surface area contributed by atoms with Crippen LogP contribution in [0.2, 0.25) is 0 Å². The number of hydrogen-bond donors (Lipinski definition) is 1. The first-order valence-electron chi connectivity index (χ1n) is 10.3. The fraction of sp³-hybridized carbons (Fsp3) is 0.375. The summed E-state index contributed by atoms with van der Waals surface area (Å²) in [5.41, 5.74) is 3.59. The molecule has 1 aliphatic rings. The van der Waals surface area contributed by atoms with Crippen LogP contribution in [0.4, 0.5) is 0 Å². The molecule has 152 valence electrons. The van der Waals surface area contributed by atoms with Crippen molar-refractivity contribution in [2.45, 2.75) is 26.3 Å². The predicted molar refractivity (Wildman–Crippen MR) is 116 cm³/mol. The summed E-state index contributed by atoms with van der Waals surface area (Å²) in [6.45, 7) is 6.52. The van der Waals surface area contributed by atoms with Crippen molar-refractivity contribution in [1.29, 1.82) is 0 Å². The van der Waals surface area contributed by atoms with E-state index in [4.69, 9.17) is 4.42 Å². The number of likely N-dealkylation sites (N-methyl/N-ethyl adjacent to an activating group) is 1. The smallest absolute Gasteiger partial charge is 0.336 e. The molecule has 1 aromatic heterocycles. The van der Waals surface area contributed by atoms with E-state index in [0.29, 0.717) is 12.1 Å². The Balaban J connectivity index is 1.90. The van der Waals surface area contributed by atoms with E-state index in [0.717, 1.165) is 66.7 Å². The summed E-state index contributed by atoms with van der Waals surface area (Å²) in [6.07, 6.45) is 1.72. The molecule has 0 unspecified atom stereocenters. The van der Waals surface area contributed by atoms with Crippen LogP contribution in [-0.4, -0.2) is 48.1 Å². The minimum Gasteiger partial charge on any atom is -0.507 e. The molecule has 0 amide bonds. The SMILES string of the molecule is CCCc1cc2c(-c3ccccc3)cc(=O)oc2c(CN2CCN(C)CC2)c1O. The zero-order valence-corrected chi connectivity index (χ0v) is 17.1. The molecule has 3 aromatic rings. The van der Waals surface area contributed by atoms with Crippen molar-refractivity contribution < 1.29 is 9.52 Å². The first-order chi connectivity index (χ1) is 14.1. The summed E-state index contributed by atoms with van der Waals surface area (Å²) < 4.78 is 5.68. The zero-order chi connectivity index (χ0) is 20.4. The number of rotatable bonds is 5. The quantitative estimate of drug-likeness (QED) is 0.668. The number of phenols is 1. The van der Waals surface area contributed by atoms with E-state index in [-0.39, 0.29) is 5.75 Å². The number of hydrogen-bond acceptors (Lipinski definition) is 5. The largest absolute Gasteiger partial charge is 0.507 e. The summed E-state index contributed by atoms with van der Waals surface area (Å²) in [5.74, 6) is 0.270.